The first-order chi connectivity index (χ1) is 14.2. The van der Waals surface area contributed by atoms with Crippen molar-refractivity contribution in [1.29, 1.82) is 0 Å². The van der Waals surface area contributed by atoms with Crippen molar-refractivity contribution in [3.8, 4) is 28.1 Å². The van der Waals surface area contributed by atoms with Gasteiger partial charge >= 0.3 is 0 Å². The van der Waals surface area contributed by atoms with E-state index in [2.05, 4.69) is 22.4 Å². The van der Waals surface area contributed by atoms with Crippen LogP contribution in [0.4, 0.5) is 5.13 Å². The lowest BCUT2D eigenvalue weighted by Gasteiger charge is -2.14. The molecule has 1 aromatic heterocycles. The fourth-order valence-corrected chi connectivity index (χ4v) is 3.62. The van der Waals surface area contributed by atoms with Gasteiger partial charge in [0, 0.05) is 10.9 Å². The molecule has 5 heteroatoms. The van der Waals surface area contributed by atoms with Gasteiger partial charge in [-0.05, 0) is 30.2 Å². The van der Waals surface area contributed by atoms with Crippen molar-refractivity contribution in [2.24, 2.45) is 0 Å². The summed E-state index contributed by atoms with van der Waals surface area (Å²) >= 11 is 1.40. The fourth-order valence-electron chi connectivity index (χ4n) is 2.89. The Kier molecular flexibility index (Phi) is 5.68. The molecule has 0 saturated heterocycles. The van der Waals surface area contributed by atoms with Crippen LogP contribution < -0.4 is 10.1 Å². The summed E-state index contributed by atoms with van der Waals surface area (Å²) in [6, 6.07) is 27.7. The summed E-state index contributed by atoms with van der Waals surface area (Å²) < 4.78 is 5.80. The highest BCUT2D eigenvalue weighted by molar-refractivity contribution is 7.14. The molecular formula is C24H20N2O2S. The Morgan fingerprint density at radius 3 is 2.10 bits per heavy atom. The topological polar surface area (TPSA) is 51.2 Å². The number of anilines is 1. The maximum atomic E-state index is 12.5. The fraction of sp³-hybridized carbons (Fsp3) is 0.0833. The van der Waals surface area contributed by atoms with Crippen molar-refractivity contribution < 1.29 is 9.53 Å². The molecule has 144 valence electrons. The number of rotatable bonds is 6. The summed E-state index contributed by atoms with van der Waals surface area (Å²) in [6.45, 7) is 1.73. The van der Waals surface area contributed by atoms with Crippen molar-refractivity contribution in [1.82, 2.24) is 4.98 Å². The van der Waals surface area contributed by atoms with E-state index in [9.17, 15) is 4.79 Å². The summed E-state index contributed by atoms with van der Waals surface area (Å²) in [6.07, 6.45) is -0.637. The quantitative estimate of drug-likeness (QED) is 0.439. The van der Waals surface area contributed by atoms with Gasteiger partial charge in [-0.15, -0.1) is 11.3 Å². The van der Waals surface area contributed by atoms with E-state index in [1.807, 2.05) is 78.2 Å². The maximum Gasteiger partial charge on any atom is 0.266 e. The molecule has 0 spiro atoms. The molecule has 1 N–H and O–H groups in total. The molecule has 29 heavy (non-hydrogen) atoms. The molecule has 0 aliphatic rings. The van der Waals surface area contributed by atoms with E-state index in [4.69, 9.17) is 4.74 Å². The van der Waals surface area contributed by atoms with E-state index in [1.54, 1.807) is 6.92 Å². The number of hydrogen-bond donors (Lipinski definition) is 1. The van der Waals surface area contributed by atoms with Gasteiger partial charge in [0.25, 0.3) is 5.91 Å². The standard InChI is InChI=1S/C24H20N2O2S/c1-17(28-21-14-12-19(13-15-21)18-8-4-2-5-9-18)23(27)26-24-25-22(16-29-24)20-10-6-3-7-11-20/h2-17H,1H3,(H,25,26,27). The minimum Gasteiger partial charge on any atom is -0.481 e. The van der Waals surface area contributed by atoms with E-state index in [0.29, 0.717) is 10.9 Å². The second-order valence-corrected chi connectivity index (χ2v) is 7.40. The number of hydrogen-bond acceptors (Lipinski definition) is 4. The van der Waals surface area contributed by atoms with Gasteiger partial charge in [0.1, 0.15) is 5.75 Å². The molecule has 4 nitrogen and oxygen atoms in total. The van der Waals surface area contributed by atoms with Gasteiger partial charge in [-0.1, -0.05) is 72.8 Å². The number of amides is 1. The summed E-state index contributed by atoms with van der Waals surface area (Å²) in [5.41, 5.74) is 4.11. The normalized spacial score (nSPS) is 11.6. The molecule has 0 aliphatic carbocycles. The molecular weight excluding hydrogens is 380 g/mol. The maximum absolute atomic E-state index is 12.5. The highest BCUT2D eigenvalue weighted by Gasteiger charge is 2.17. The van der Waals surface area contributed by atoms with E-state index in [-0.39, 0.29) is 5.91 Å². The van der Waals surface area contributed by atoms with Crippen LogP contribution in [0.15, 0.2) is 90.3 Å². The Hall–Kier alpha value is -3.44. The largest absolute Gasteiger partial charge is 0.481 e. The Morgan fingerprint density at radius 2 is 1.45 bits per heavy atom. The number of benzene rings is 3. The first kappa shape index (κ1) is 18.9. The number of nitrogens with one attached hydrogen (secondary N) is 1. The van der Waals surface area contributed by atoms with Gasteiger partial charge in [0.05, 0.1) is 5.69 Å². The molecule has 1 amide bonds. The van der Waals surface area contributed by atoms with E-state index >= 15 is 0 Å². The third-order valence-electron chi connectivity index (χ3n) is 4.45. The first-order valence-electron chi connectivity index (χ1n) is 9.33. The van der Waals surface area contributed by atoms with Crippen LogP contribution in [-0.4, -0.2) is 17.0 Å². The Morgan fingerprint density at radius 1 is 0.862 bits per heavy atom. The van der Waals surface area contributed by atoms with Crippen LogP contribution in [0.25, 0.3) is 22.4 Å². The average molecular weight is 401 g/mol. The minimum atomic E-state index is -0.637. The lowest BCUT2D eigenvalue weighted by Crippen LogP contribution is -2.30. The van der Waals surface area contributed by atoms with Crippen molar-refractivity contribution in [3.05, 3.63) is 90.3 Å². The summed E-state index contributed by atoms with van der Waals surface area (Å²) in [7, 11) is 0. The van der Waals surface area contributed by atoms with Crippen LogP contribution in [0.5, 0.6) is 5.75 Å². The molecule has 0 fully saturated rings. The highest BCUT2D eigenvalue weighted by atomic mass is 32.1. The molecule has 0 saturated carbocycles. The SMILES string of the molecule is CC(Oc1ccc(-c2ccccc2)cc1)C(=O)Nc1nc(-c2ccccc2)cs1. The Labute approximate surface area is 173 Å². The second kappa shape index (κ2) is 8.71. The number of thiazole rings is 1. The average Bonchev–Trinajstić information content (AvgIpc) is 3.24. The van der Waals surface area contributed by atoms with Crippen LogP contribution in [0.2, 0.25) is 0 Å². The number of aromatic nitrogens is 1. The Bertz CT molecular complexity index is 1080. The molecule has 4 aromatic rings. The molecule has 0 aliphatic heterocycles. The van der Waals surface area contributed by atoms with Gasteiger partial charge in [0.2, 0.25) is 0 Å². The van der Waals surface area contributed by atoms with E-state index in [1.165, 1.54) is 11.3 Å². The monoisotopic (exact) mass is 400 g/mol. The summed E-state index contributed by atoms with van der Waals surface area (Å²) in [4.78, 5) is 17.0. The van der Waals surface area contributed by atoms with Gasteiger partial charge in [-0.2, -0.15) is 0 Å². The predicted octanol–water partition coefficient (Wildman–Crippen LogP) is 5.88. The molecule has 1 atom stereocenters. The molecule has 1 unspecified atom stereocenters. The van der Waals surface area contributed by atoms with Crippen LogP contribution in [0.1, 0.15) is 6.92 Å². The van der Waals surface area contributed by atoms with Crippen LogP contribution in [0, 0.1) is 0 Å². The zero-order valence-corrected chi connectivity index (χ0v) is 16.7. The molecule has 0 radical (unpaired) electrons. The minimum absolute atomic E-state index is 0.230. The zero-order chi connectivity index (χ0) is 20.1. The van der Waals surface area contributed by atoms with Gasteiger partial charge in [-0.25, -0.2) is 4.98 Å². The van der Waals surface area contributed by atoms with E-state index < -0.39 is 6.10 Å². The van der Waals surface area contributed by atoms with Crippen LogP contribution in [0.3, 0.4) is 0 Å². The lowest BCUT2D eigenvalue weighted by atomic mass is 10.1. The lowest BCUT2D eigenvalue weighted by molar-refractivity contribution is -0.122. The third-order valence-corrected chi connectivity index (χ3v) is 5.21. The second-order valence-electron chi connectivity index (χ2n) is 6.54. The van der Waals surface area contributed by atoms with Crippen LogP contribution in [-0.2, 0) is 4.79 Å². The van der Waals surface area contributed by atoms with Gasteiger partial charge < -0.3 is 4.74 Å². The first-order valence-corrected chi connectivity index (χ1v) is 10.2. The van der Waals surface area contributed by atoms with Crippen molar-refractivity contribution >= 4 is 22.4 Å². The smallest absolute Gasteiger partial charge is 0.266 e. The zero-order valence-electron chi connectivity index (χ0n) is 15.9. The molecule has 3 aromatic carbocycles. The van der Waals surface area contributed by atoms with Crippen LogP contribution >= 0.6 is 11.3 Å². The van der Waals surface area contributed by atoms with Gasteiger partial charge in [-0.3, -0.25) is 10.1 Å². The highest BCUT2D eigenvalue weighted by Crippen LogP contribution is 2.25. The summed E-state index contributed by atoms with van der Waals surface area (Å²) in [5, 5.41) is 5.32. The number of nitrogens with zero attached hydrogens (tertiary/aromatic N) is 1. The Balaban J connectivity index is 1.37. The molecule has 4 rings (SSSR count). The van der Waals surface area contributed by atoms with Crippen molar-refractivity contribution in [2.75, 3.05) is 5.32 Å². The number of carbonyl (C=O) groups is 1. The molecule has 0 bridgehead atoms. The van der Waals surface area contributed by atoms with E-state index in [0.717, 1.165) is 22.4 Å². The summed E-state index contributed by atoms with van der Waals surface area (Å²) in [5.74, 6) is 0.419. The van der Waals surface area contributed by atoms with Crippen molar-refractivity contribution in [3.63, 3.8) is 0 Å². The third kappa shape index (κ3) is 4.70. The number of ether oxygens (including phenoxy) is 1. The molecule has 1 heterocycles. The predicted molar refractivity (Wildman–Crippen MR) is 118 cm³/mol. The number of carbonyl (C=O) groups excluding carboxylic acids is 1. The van der Waals surface area contributed by atoms with Crippen molar-refractivity contribution in [2.45, 2.75) is 13.0 Å². The van der Waals surface area contributed by atoms with Gasteiger partial charge in [0.15, 0.2) is 11.2 Å².